The molecule has 0 aliphatic carbocycles. The average molecular weight is 293 g/mol. The van der Waals surface area contributed by atoms with E-state index in [1.807, 2.05) is 33.8 Å². The summed E-state index contributed by atoms with van der Waals surface area (Å²) in [5.41, 5.74) is 0.370. The standard InChI is InChI=1S/C15H23N3O3/c1-11-7-8-13(17-16-11)20-12-6-5-9-18(10-12)14(19)21-15(2,3)4/h7-8,12H,5-6,9-10H2,1-4H3/t12-/m1/s1. The second-order valence-electron chi connectivity index (χ2n) is 6.32. The number of carbonyl (C=O) groups is 1. The van der Waals surface area contributed by atoms with Gasteiger partial charge in [0, 0.05) is 12.6 Å². The molecule has 2 rings (SSSR count). The zero-order valence-corrected chi connectivity index (χ0v) is 13.1. The zero-order chi connectivity index (χ0) is 15.5. The Hall–Kier alpha value is -1.85. The van der Waals surface area contributed by atoms with Crippen LogP contribution in [0.3, 0.4) is 0 Å². The van der Waals surface area contributed by atoms with Gasteiger partial charge < -0.3 is 14.4 Å². The van der Waals surface area contributed by atoms with Crippen molar-refractivity contribution in [3.05, 3.63) is 17.8 Å². The Bertz CT molecular complexity index is 482. The molecule has 0 N–H and O–H groups in total. The number of hydrogen-bond acceptors (Lipinski definition) is 5. The highest BCUT2D eigenvalue weighted by Gasteiger charge is 2.28. The number of hydrogen-bond donors (Lipinski definition) is 0. The fraction of sp³-hybridized carbons (Fsp3) is 0.667. The minimum Gasteiger partial charge on any atom is -0.471 e. The van der Waals surface area contributed by atoms with Gasteiger partial charge in [-0.25, -0.2) is 4.79 Å². The molecule has 0 spiro atoms. The Morgan fingerprint density at radius 2 is 2.10 bits per heavy atom. The molecule has 0 saturated carbocycles. The fourth-order valence-electron chi connectivity index (χ4n) is 2.15. The van der Waals surface area contributed by atoms with Gasteiger partial charge in [-0.15, -0.1) is 5.10 Å². The molecule has 1 aromatic rings. The van der Waals surface area contributed by atoms with Gasteiger partial charge in [0.1, 0.15) is 11.7 Å². The predicted octanol–water partition coefficient (Wildman–Crippen LogP) is 2.56. The molecule has 0 aromatic carbocycles. The van der Waals surface area contributed by atoms with Crippen molar-refractivity contribution in [2.45, 2.75) is 52.2 Å². The number of amides is 1. The van der Waals surface area contributed by atoms with E-state index in [0.717, 1.165) is 18.5 Å². The number of rotatable bonds is 2. The van der Waals surface area contributed by atoms with Crippen molar-refractivity contribution < 1.29 is 14.3 Å². The van der Waals surface area contributed by atoms with Crippen molar-refractivity contribution >= 4 is 6.09 Å². The van der Waals surface area contributed by atoms with Crippen LogP contribution in [0, 0.1) is 6.92 Å². The van der Waals surface area contributed by atoms with E-state index in [1.165, 1.54) is 0 Å². The molecule has 116 valence electrons. The predicted molar refractivity (Wildman–Crippen MR) is 78.2 cm³/mol. The monoisotopic (exact) mass is 293 g/mol. The van der Waals surface area contributed by atoms with Crippen LogP contribution in [0.1, 0.15) is 39.3 Å². The van der Waals surface area contributed by atoms with Gasteiger partial charge in [-0.3, -0.25) is 0 Å². The summed E-state index contributed by atoms with van der Waals surface area (Å²) in [6.45, 7) is 8.70. The number of ether oxygens (including phenoxy) is 2. The van der Waals surface area contributed by atoms with E-state index < -0.39 is 5.60 Å². The van der Waals surface area contributed by atoms with Crippen molar-refractivity contribution in [1.82, 2.24) is 15.1 Å². The van der Waals surface area contributed by atoms with Crippen LogP contribution < -0.4 is 4.74 Å². The lowest BCUT2D eigenvalue weighted by atomic mass is 10.1. The molecule has 1 aromatic heterocycles. The van der Waals surface area contributed by atoms with Crippen molar-refractivity contribution in [2.75, 3.05) is 13.1 Å². The van der Waals surface area contributed by atoms with E-state index in [2.05, 4.69) is 10.2 Å². The van der Waals surface area contributed by atoms with Crippen molar-refractivity contribution in [3.8, 4) is 5.88 Å². The van der Waals surface area contributed by atoms with Crippen molar-refractivity contribution in [1.29, 1.82) is 0 Å². The van der Waals surface area contributed by atoms with Gasteiger partial charge in [-0.05, 0) is 46.6 Å². The molecular formula is C15H23N3O3. The Kier molecular flexibility index (Phi) is 4.65. The lowest BCUT2D eigenvalue weighted by Crippen LogP contribution is -2.46. The third-order valence-electron chi connectivity index (χ3n) is 3.09. The highest BCUT2D eigenvalue weighted by atomic mass is 16.6. The first-order chi connectivity index (χ1) is 9.83. The summed E-state index contributed by atoms with van der Waals surface area (Å²) in [7, 11) is 0. The zero-order valence-electron chi connectivity index (χ0n) is 13.1. The number of aromatic nitrogens is 2. The van der Waals surface area contributed by atoms with Gasteiger partial charge in [0.05, 0.1) is 12.2 Å². The molecule has 6 heteroatoms. The summed E-state index contributed by atoms with van der Waals surface area (Å²) in [5.74, 6) is 0.497. The molecule has 1 saturated heterocycles. The van der Waals surface area contributed by atoms with E-state index in [-0.39, 0.29) is 12.2 Å². The molecule has 21 heavy (non-hydrogen) atoms. The molecule has 1 aliphatic heterocycles. The van der Waals surface area contributed by atoms with Gasteiger partial charge in [0.25, 0.3) is 0 Å². The smallest absolute Gasteiger partial charge is 0.410 e. The van der Waals surface area contributed by atoms with Crippen LogP contribution in [-0.4, -0.2) is 46.0 Å². The maximum Gasteiger partial charge on any atom is 0.410 e. The van der Waals surface area contributed by atoms with Crippen LogP contribution in [0.25, 0.3) is 0 Å². The van der Waals surface area contributed by atoms with Crippen LogP contribution in [0.4, 0.5) is 4.79 Å². The molecule has 1 aliphatic rings. The Morgan fingerprint density at radius 3 is 2.71 bits per heavy atom. The second kappa shape index (κ2) is 6.28. The second-order valence-corrected chi connectivity index (χ2v) is 6.32. The number of piperidine rings is 1. The first-order valence-corrected chi connectivity index (χ1v) is 7.28. The van der Waals surface area contributed by atoms with Crippen molar-refractivity contribution in [2.24, 2.45) is 0 Å². The summed E-state index contributed by atoms with van der Waals surface area (Å²) in [4.78, 5) is 13.8. The summed E-state index contributed by atoms with van der Waals surface area (Å²) in [5, 5.41) is 7.96. The fourth-order valence-corrected chi connectivity index (χ4v) is 2.15. The Labute approximate surface area is 125 Å². The molecule has 1 atom stereocenters. The number of aryl methyl sites for hydroxylation is 1. The maximum absolute atomic E-state index is 12.1. The minimum absolute atomic E-state index is 0.0664. The normalized spacial score (nSPS) is 19.2. The first-order valence-electron chi connectivity index (χ1n) is 7.28. The van der Waals surface area contributed by atoms with Gasteiger partial charge in [-0.1, -0.05) is 0 Å². The summed E-state index contributed by atoms with van der Waals surface area (Å²) in [6.07, 6.45) is 1.44. The molecule has 2 heterocycles. The lowest BCUT2D eigenvalue weighted by Gasteiger charge is -2.33. The van der Waals surface area contributed by atoms with E-state index in [4.69, 9.17) is 9.47 Å². The molecule has 0 bridgehead atoms. The molecular weight excluding hydrogens is 270 g/mol. The van der Waals surface area contributed by atoms with Gasteiger partial charge in [0.15, 0.2) is 0 Å². The summed E-state index contributed by atoms with van der Waals surface area (Å²) < 4.78 is 11.2. The molecule has 1 fully saturated rings. The number of carbonyl (C=O) groups excluding carboxylic acids is 1. The van der Waals surface area contributed by atoms with E-state index in [9.17, 15) is 4.79 Å². The van der Waals surface area contributed by atoms with Gasteiger partial charge >= 0.3 is 6.09 Å². The topological polar surface area (TPSA) is 64.5 Å². The SMILES string of the molecule is Cc1ccc(O[C@@H]2CCCN(C(=O)OC(C)(C)C)C2)nn1. The first kappa shape index (κ1) is 15.5. The Morgan fingerprint density at radius 1 is 1.33 bits per heavy atom. The molecule has 1 amide bonds. The third kappa shape index (κ3) is 4.88. The van der Waals surface area contributed by atoms with Crippen LogP contribution in [-0.2, 0) is 4.74 Å². The number of likely N-dealkylation sites (tertiary alicyclic amines) is 1. The molecule has 0 radical (unpaired) electrons. The van der Waals surface area contributed by atoms with Crippen LogP contribution >= 0.6 is 0 Å². The molecule has 6 nitrogen and oxygen atoms in total. The van der Waals surface area contributed by atoms with Gasteiger partial charge in [0.2, 0.25) is 5.88 Å². The number of nitrogens with zero attached hydrogens (tertiary/aromatic N) is 3. The summed E-state index contributed by atoms with van der Waals surface area (Å²) >= 11 is 0. The van der Waals surface area contributed by atoms with Crippen molar-refractivity contribution in [3.63, 3.8) is 0 Å². The highest BCUT2D eigenvalue weighted by molar-refractivity contribution is 5.68. The molecule has 0 unspecified atom stereocenters. The van der Waals surface area contributed by atoms with Crippen LogP contribution in [0.15, 0.2) is 12.1 Å². The van der Waals surface area contributed by atoms with E-state index >= 15 is 0 Å². The maximum atomic E-state index is 12.1. The van der Waals surface area contributed by atoms with E-state index in [1.54, 1.807) is 11.0 Å². The quantitative estimate of drug-likeness (QED) is 0.838. The van der Waals surface area contributed by atoms with E-state index in [0.29, 0.717) is 19.0 Å². The summed E-state index contributed by atoms with van der Waals surface area (Å²) in [6, 6.07) is 3.66. The average Bonchev–Trinajstić information content (AvgIpc) is 2.40. The highest BCUT2D eigenvalue weighted by Crippen LogP contribution is 2.18. The lowest BCUT2D eigenvalue weighted by molar-refractivity contribution is 0.00711. The van der Waals surface area contributed by atoms with Crippen LogP contribution in [0.5, 0.6) is 5.88 Å². The third-order valence-corrected chi connectivity index (χ3v) is 3.09. The minimum atomic E-state index is -0.479. The Balaban J connectivity index is 1.91. The van der Waals surface area contributed by atoms with Crippen LogP contribution in [0.2, 0.25) is 0 Å². The largest absolute Gasteiger partial charge is 0.471 e. The van der Waals surface area contributed by atoms with Gasteiger partial charge in [-0.2, -0.15) is 5.10 Å².